The van der Waals surface area contributed by atoms with E-state index in [-0.39, 0.29) is 78.2 Å². The Morgan fingerprint density at radius 3 is 2.89 bits per heavy atom. The van der Waals surface area contributed by atoms with Crippen molar-refractivity contribution in [2.24, 2.45) is 11.8 Å². The maximum absolute atomic E-state index is 17.1. The third-order valence-electron chi connectivity index (χ3n) is 10.2. The van der Waals surface area contributed by atoms with Crippen molar-refractivity contribution in [2.45, 2.75) is 50.6 Å². The van der Waals surface area contributed by atoms with Gasteiger partial charge in [-0.2, -0.15) is 20.5 Å². The first kappa shape index (κ1) is 29.4. The quantitative estimate of drug-likeness (QED) is 0.256. The van der Waals surface area contributed by atoms with E-state index < -0.39 is 11.6 Å². The van der Waals surface area contributed by atoms with Crippen LogP contribution in [0.1, 0.15) is 44.6 Å². The molecule has 3 saturated heterocycles. The molecule has 4 aliphatic heterocycles. The smallest absolute Gasteiger partial charge is 0.319 e. The predicted molar refractivity (Wildman–Crippen MR) is 172 cm³/mol. The maximum atomic E-state index is 17.1. The number of thiophene rings is 1. The van der Waals surface area contributed by atoms with Gasteiger partial charge in [0.1, 0.15) is 34.8 Å². The number of rotatable bonds is 4. The normalized spacial score (nSPS) is 25.5. The van der Waals surface area contributed by atoms with Crippen LogP contribution < -0.4 is 20.1 Å². The van der Waals surface area contributed by atoms with Crippen LogP contribution in [0.25, 0.3) is 32.1 Å². The van der Waals surface area contributed by atoms with Crippen molar-refractivity contribution in [1.29, 1.82) is 10.5 Å². The number of hydrogen-bond acceptors (Lipinski definition) is 10. The number of nitriles is 2. The van der Waals surface area contributed by atoms with Crippen LogP contribution in [0.15, 0.2) is 12.1 Å². The van der Waals surface area contributed by atoms with Gasteiger partial charge in [-0.05, 0) is 49.8 Å². The van der Waals surface area contributed by atoms with Crippen LogP contribution in [0.4, 0.5) is 19.6 Å². The van der Waals surface area contributed by atoms with Gasteiger partial charge < -0.3 is 20.1 Å². The third kappa shape index (κ3) is 4.30. The first-order valence-corrected chi connectivity index (χ1v) is 16.7. The fourth-order valence-electron chi connectivity index (χ4n) is 8.25. The van der Waals surface area contributed by atoms with Crippen LogP contribution in [0.2, 0.25) is 5.02 Å². The Morgan fingerprint density at radius 2 is 2.09 bits per heavy atom. The summed E-state index contributed by atoms with van der Waals surface area (Å²) in [6, 6.07) is 7.02. The van der Waals surface area contributed by atoms with E-state index in [0.29, 0.717) is 43.1 Å². The summed E-state index contributed by atoms with van der Waals surface area (Å²) in [7, 11) is 0. The topological polar surface area (TPSA) is 124 Å². The highest BCUT2D eigenvalue weighted by Crippen LogP contribution is 2.51. The highest BCUT2D eigenvalue weighted by Gasteiger charge is 2.48. The molecular weight excluding hydrogens is 632 g/mol. The number of nitrogens with two attached hydrogens (primary N) is 1. The summed E-state index contributed by atoms with van der Waals surface area (Å²) in [5, 5.41) is 20.3. The van der Waals surface area contributed by atoms with E-state index in [9.17, 15) is 14.9 Å². The number of hydrogen-bond donors (Lipinski definition) is 1. The van der Waals surface area contributed by atoms with Gasteiger partial charge in [0.05, 0.1) is 44.8 Å². The van der Waals surface area contributed by atoms with Gasteiger partial charge in [0.15, 0.2) is 11.6 Å². The summed E-state index contributed by atoms with van der Waals surface area (Å²) in [4.78, 5) is 14.0. The zero-order valence-corrected chi connectivity index (χ0v) is 26.6. The van der Waals surface area contributed by atoms with Gasteiger partial charge in [-0.1, -0.05) is 24.6 Å². The largest absolute Gasteiger partial charge is 0.491 e. The van der Waals surface area contributed by atoms with Crippen molar-refractivity contribution < 1.29 is 18.3 Å². The van der Waals surface area contributed by atoms with E-state index in [1.54, 1.807) is 0 Å². The highest BCUT2D eigenvalue weighted by atomic mass is 35.5. The molecule has 0 aliphatic carbocycles. The van der Waals surface area contributed by atoms with Crippen LogP contribution in [0, 0.1) is 46.1 Å². The second-order valence-electron chi connectivity index (χ2n) is 13.0. The lowest BCUT2D eigenvalue weighted by atomic mass is 9.92. The molecule has 4 aromatic rings. The number of ether oxygens (including phenoxy) is 2. The first-order valence-electron chi connectivity index (χ1n) is 15.5. The van der Waals surface area contributed by atoms with Gasteiger partial charge in [0.25, 0.3) is 0 Å². The lowest BCUT2D eigenvalue weighted by Crippen LogP contribution is -2.43. The molecule has 9 nitrogen and oxygen atoms in total. The van der Waals surface area contributed by atoms with E-state index in [0.717, 1.165) is 43.7 Å². The molecule has 1 unspecified atom stereocenters. The fourth-order valence-corrected chi connectivity index (χ4v) is 9.53. The Kier molecular flexibility index (Phi) is 6.91. The zero-order chi connectivity index (χ0) is 31.9. The number of benzene rings is 2. The van der Waals surface area contributed by atoms with Gasteiger partial charge in [0, 0.05) is 36.5 Å². The minimum atomic E-state index is -0.772. The van der Waals surface area contributed by atoms with Crippen LogP contribution >= 0.6 is 22.9 Å². The van der Waals surface area contributed by atoms with Crippen molar-refractivity contribution in [3.8, 4) is 35.0 Å². The number of aromatic nitrogens is 2. The molecule has 3 fully saturated rings. The molecule has 0 spiro atoms. The second kappa shape index (κ2) is 10.8. The molecule has 46 heavy (non-hydrogen) atoms. The molecule has 0 radical (unpaired) electrons. The molecule has 2 aromatic carbocycles. The molecule has 13 heteroatoms. The van der Waals surface area contributed by atoms with Gasteiger partial charge in [-0.15, -0.1) is 11.3 Å². The summed E-state index contributed by atoms with van der Waals surface area (Å²) >= 11 is 7.95. The molecule has 0 bridgehead atoms. The van der Waals surface area contributed by atoms with E-state index in [1.807, 2.05) is 11.0 Å². The standard InChI is InChI=1S/C33H30ClF2N7O2S/c1-16-10-33(6-2-7-42(33)13-16)15-45-32-40-27-24-28(44-8-5-18-9-17(11-37)14-43(18)31(24)41-32)25(34)23(26(27)36)19-3-4-21(35)29-22(19)20(12-38)30(39)46-29/h3-4,16-18H,2,5-10,13-15,39H2,1H3/t16-,17-,18-,33?/m1/s1. The molecule has 2 N–H and O–H groups in total. The SMILES string of the molecule is C[C@H]1CN2CCCC2(COc2nc3c4c(c(Cl)c(-c5ccc(F)c6sc(N)c(C#N)c56)c(F)c4n2)OCC[C@@H]2C[C@H](C#N)CN32)C1. The summed E-state index contributed by atoms with van der Waals surface area (Å²) in [6.07, 6.45) is 4.33. The Labute approximate surface area is 273 Å². The van der Waals surface area contributed by atoms with Gasteiger partial charge in [0.2, 0.25) is 0 Å². The second-order valence-corrected chi connectivity index (χ2v) is 14.4. The van der Waals surface area contributed by atoms with Crippen molar-refractivity contribution >= 4 is 54.7 Å². The van der Waals surface area contributed by atoms with Crippen molar-refractivity contribution in [1.82, 2.24) is 14.9 Å². The van der Waals surface area contributed by atoms with Crippen LogP contribution in [0.3, 0.4) is 0 Å². The van der Waals surface area contributed by atoms with Crippen LogP contribution in [-0.2, 0) is 0 Å². The molecule has 4 aliphatic rings. The number of nitrogen functional groups attached to an aromatic ring is 1. The van der Waals surface area contributed by atoms with E-state index >= 15 is 4.39 Å². The maximum Gasteiger partial charge on any atom is 0.319 e. The molecule has 4 atom stereocenters. The number of fused-ring (bicyclic) bond motifs is 4. The minimum Gasteiger partial charge on any atom is -0.491 e. The minimum absolute atomic E-state index is 0.0304. The average molecular weight is 662 g/mol. The van der Waals surface area contributed by atoms with Gasteiger partial charge >= 0.3 is 6.01 Å². The van der Waals surface area contributed by atoms with Crippen molar-refractivity contribution in [3.63, 3.8) is 0 Å². The summed E-state index contributed by atoms with van der Waals surface area (Å²) < 4.78 is 44.9. The Morgan fingerprint density at radius 1 is 1.24 bits per heavy atom. The Hall–Kier alpha value is -3.97. The average Bonchev–Trinajstić information content (AvgIpc) is 3.78. The highest BCUT2D eigenvalue weighted by molar-refractivity contribution is 7.23. The number of anilines is 2. The van der Waals surface area contributed by atoms with Crippen molar-refractivity contribution in [3.05, 3.63) is 34.4 Å². The fraction of sp³-hybridized carbons (Fsp3) is 0.455. The van der Waals surface area contributed by atoms with Gasteiger partial charge in [-0.25, -0.2) is 8.78 Å². The first-order chi connectivity index (χ1) is 22.2. The summed E-state index contributed by atoms with van der Waals surface area (Å²) in [5.74, 6) is -0.431. The van der Waals surface area contributed by atoms with Gasteiger partial charge in [-0.3, -0.25) is 4.90 Å². The zero-order valence-electron chi connectivity index (χ0n) is 25.1. The summed E-state index contributed by atoms with van der Waals surface area (Å²) in [6.45, 7) is 5.33. The third-order valence-corrected chi connectivity index (χ3v) is 11.6. The molecule has 2 aromatic heterocycles. The van der Waals surface area contributed by atoms with E-state index in [4.69, 9.17) is 31.8 Å². The van der Waals surface area contributed by atoms with Crippen LogP contribution in [-0.4, -0.2) is 59.3 Å². The lowest BCUT2D eigenvalue weighted by molar-refractivity contribution is 0.107. The van der Waals surface area contributed by atoms with Crippen molar-refractivity contribution in [2.75, 3.05) is 43.5 Å². The Bertz CT molecular complexity index is 2030. The molecule has 8 rings (SSSR count). The number of halogens is 3. The molecule has 6 heterocycles. The number of nitrogens with zero attached hydrogens (tertiary/aromatic N) is 6. The van der Waals surface area contributed by atoms with E-state index in [2.05, 4.69) is 22.9 Å². The molecule has 0 amide bonds. The lowest BCUT2D eigenvalue weighted by Gasteiger charge is -2.32. The van der Waals surface area contributed by atoms with Crippen LogP contribution in [0.5, 0.6) is 11.8 Å². The molecule has 236 valence electrons. The monoisotopic (exact) mass is 661 g/mol. The predicted octanol–water partition coefficient (Wildman–Crippen LogP) is 6.65. The molecular formula is C33H30ClF2N7O2S. The summed E-state index contributed by atoms with van der Waals surface area (Å²) in [5.41, 5.74) is 6.11. The van der Waals surface area contributed by atoms with E-state index in [1.165, 1.54) is 12.1 Å². The Balaban J connectivity index is 1.36. The molecule has 0 saturated carbocycles.